The lowest BCUT2D eigenvalue weighted by Gasteiger charge is -2.11. The highest BCUT2D eigenvalue weighted by Gasteiger charge is 2.26. The van der Waals surface area contributed by atoms with E-state index in [0.717, 1.165) is 0 Å². The van der Waals surface area contributed by atoms with Crippen LogP contribution in [0.25, 0.3) is 58.0 Å². The van der Waals surface area contributed by atoms with Crippen LogP contribution in [0.5, 0.6) is 0 Å². The van der Waals surface area contributed by atoms with Crippen LogP contribution in [0.3, 0.4) is 0 Å². The van der Waals surface area contributed by atoms with Gasteiger partial charge in [0.2, 0.25) is 0 Å². The molecular weight excluding hydrogens is 455 g/mol. The van der Waals surface area contributed by atoms with Gasteiger partial charge >= 0.3 is 0 Å². The molecule has 0 bridgehead atoms. The van der Waals surface area contributed by atoms with E-state index in [1.165, 1.54) is 58.0 Å². The van der Waals surface area contributed by atoms with Gasteiger partial charge < -0.3 is 0 Å². The van der Waals surface area contributed by atoms with Gasteiger partial charge in [0.05, 0.1) is 9.40 Å². The maximum absolute atomic E-state index is 2.34. The quantitative estimate of drug-likeness (QED) is 0.239. The second kappa shape index (κ2) is 7.71. The predicted molar refractivity (Wildman–Crippen MR) is 150 cm³/mol. The molecule has 0 spiro atoms. The van der Waals surface area contributed by atoms with Crippen LogP contribution in [0.1, 0.15) is 0 Å². The Morgan fingerprint density at radius 3 is 1.33 bits per heavy atom. The Morgan fingerprint density at radius 1 is 0.455 bits per heavy atom. The van der Waals surface area contributed by atoms with Crippen LogP contribution in [0.2, 0.25) is 0 Å². The first-order valence-electron chi connectivity index (χ1n) is 11.0. The van der Waals surface area contributed by atoms with E-state index in [1.54, 1.807) is 0 Å². The minimum Gasteiger partial charge on any atom is -0.142 e. The summed E-state index contributed by atoms with van der Waals surface area (Å²) in [7, 11) is -0.713. The molecule has 7 rings (SSSR count). The molecule has 0 N–H and O–H groups in total. The molecule has 33 heavy (non-hydrogen) atoms. The molecule has 0 amide bonds. The van der Waals surface area contributed by atoms with E-state index in [4.69, 9.17) is 0 Å². The van der Waals surface area contributed by atoms with E-state index in [-0.39, 0.29) is 0 Å². The molecular formula is C30H19PS2. The number of fused-ring (bicyclic) bond motifs is 6. The van der Waals surface area contributed by atoms with Gasteiger partial charge in [-0.3, -0.25) is 0 Å². The van der Waals surface area contributed by atoms with E-state index in [0.29, 0.717) is 0 Å². The molecule has 4 aromatic carbocycles. The summed E-state index contributed by atoms with van der Waals surface area (Å²) < 4.78 is 2.84. The summed E-state index contributed by atoms with van der Waals surface area (Å²) in [5.74, 6) is 0. The summed E-state index contributed by atoms with van der Waals surface area (Å²) in [4.78, 5) is 0. The van der Waals surface area contributed by atoms with E-state index < -0.39 is 7.53 Å². The van der Waals surface area contributed by atoms with Crippen LogP contribution in [-0.4, -0.2) is 0 Å². The maximum atomic E-state index is 2.34. The Labute approximate surface area is 201 Å². The van der Waals surface area contributed by atoms with Gasteiger partial charge in [-0.1, -0.05) is 98.5 Å². The van der Waals surface area contributed by atoms with Crippen LogP contribution >= 0.6 is 30.2 Å². The van der Waals surface area contributed by atoms with Crippen molar-refractivity contribution in [1.29, 1.82) is 0 Å². The third-order valence-corrected chi connectivity index (χ3v) is 11.0. The Bertz CT molecular complexity index is 1630. The lowest BCUT2D eigenvalue weighted by atomic mass is 9.99. The fraction of sp³-hybridized carbons (Fsp3) is 0. The average molecular weight is 475 g/mol. The zero-order valence-corrected chi connectivity index (χ0v) is 20.3. The Kier molecular flexibility index (Phi) is 4.52. The third kappa shape index (κ3) is 2.89. The molecule has 0 fully saturated rings. The zero-order chi connectivity index (χ0) is 21.8. The van der Waals surface area contributed by atoms with Crippen molar-refractivity contribution in [1.82, 2.24) is 0 Å². The zero-order valence-electron chi connectivity index (χ0n) is 17.7. The molecule has 3 aromatic heterocycles. The lowest BCUT2D eigenvalue weighted by molar-refractivity contribution is 1.71. The summed E-state index contributed by atoms with van der Waals surface area (Å²) in [5, 5.41) is 14.6. The van der Waals surface area contributed by atoms with Gasteiger partial charge in [0.15, 0.2) is 0 Å². The molecule has 7 aromatic rings. The predicted octanol–water partition coefficient (Wildman–Crippen LogP) is 10.6. The summed E-state index contributed by atoms with van der Waals surface area (Å²) >= 11 is 3.75. The average Bonchev–Trinajstić information content (AvgIpc) is 3.62. The summed E-state index contributed by atoms with van der Waals surface area (Å²) in [6.45, 7) is 0. The fourth-order valence-electron chi connectivity index (χ4n) is 5.03. The first-order chi connectivity index (χ1) is 16.4. The number of benzene rings is 4. The first-order valence-corrected chi connectivity index (χ1v) is 14.1. The summed E-state index contributed by atoms with van der Waals surface area (Å²) in [6, 6.07) is 37.9. The van der Waals surface area contributed by atoms with Crippen molar-refractivity contribution >= 4 is 61.2 Å². The number of hydrogen-bond acceptors (Lipinski definition) is 2. The second-order valence-electron chi connectivity index (χ2n) is 8.18. The monoisotopic (exact) mass is 474 g/mol. The molecule has 0 aliphatic rings. The number of thiophene rings is 2. The van der Waals surface area contributed by atoms with E-state index >= 15 is 0 Å². The maximum Gasteiger partial charge on any atom is 0.0527 e. The molecule has 0 radical (unpaired) electrons. The minimum absolute atomic E-state index is 0.713. The largest absolute Gasteiger partial charge is 0.142 e. The van der Waals surface area contributed by atoms with Crippen LogP contribution in [0.4, 0.5) is 0 Å². The van der Waals surface area contributed by atoms with Crippen molar-refractivity contribution < 1.29 is 0 Å². The standard InChI is InChI=1S/C30H19PS2/c1-4-10-20(11-5-1)27-25-23-16-18-32-29(23)30-24(17-19-33-30)26(25)28(21-12-6-2-7-13-21)31(27)22-14-8-3-9-15-22/h1-19H. The van der Waals surface area contributed by atoms with Crippen LogP contribution in [0, 0.1) is 0 Å². The molecule has 0 unspecified atom stereocenters. The SMILES string of the molecule is c1ccc(-c2c3c4ccsc4c4sccc4c3c(-c3ccccc3)p2-c2ccccc2)cc1. The number of hydrogen-bond donors (Lipinski definition) is 0. The fourth-order valence-corrected chi connectivity index (χ4v) is 9.97. The first kappa shape index (κ1) is 19.3. The summed E-state index contributed by atoms with van der Waals surface area (Å²) in [6.07, 6.45) is 0. The molecule has 0 atom stereocenters. The van der Waals surface area contributed by atoms with E-state index in [2.05, 4.69) is 114 Å². The Hall–Kier alpha value is -3.16. The van der Waals surface area contributed by atoms with Gasteiger partial charge in [-0.2, -0.15) is 0 Å². The van der Waals surface area contributed by atoms with Gasteiger partial charge in [-0.05, 0) is 39.3 Å². The van der Waals surface area contributed by atoms with Crippen molar-refractivity contribution in [3.63, 3.8) is 0 Å². The third-order valence-electron chi connectivity index (χ3n) is 6.36. The van der Waals surface area contributed by atoms with Crippen molar-refractivity contribution in [2.45, 2.75) is 0 Å². The topological polar surface area (TPSA) is 0 Å². The Balaban J connectivity index is 1.82. The van der Waals surface area contributed by atoms with Gasteiger partial charge in [0.25, 0.3) is 0 Å². The lowest BCUT2D eigenvalue weighted by Crippen LogP contribution is -1.77. The number of rotatable bonds is 3. The minimum atomic E-state index is -0.713. The van der Waals surface area contributed by atoms with Gasteiger partial charge in [0, 0.05) is 32.1 Å². The van der Waals surface area contributed by atoms with Crippen LogP contribution in [-0.2, 0) is 0 Å². The molecule has 156 valence electrons. The van der Waals surface area contributed by atoms with Crippen LogP contribution < -0.4 is 0 Å². The summed E-state index contributed by atoms with van der Waals surface area (Å²) in [5.41, 5.74) is 2.67. The van der Waals surface area contributed by atoms with Gasteiger partial charge in [-0.15, -0.1) is 22.7 Å². The second-order valence-corrected chi connectivity index (χ2v) is 12.1. The molecule has 3 heteroatoms. The highest BCUT2D eigenvalue weighted by molar-refractivity contribution is 7.64. The van der Waals surface area contributed by atoms with Crippen molar-refractivity contribution in [3.05, 3.63) is 114 Å². The van der Waals surface area contributed by atoms with Crippen LogP contribution in [0.15, 0.2) is 114 Å². The molecule has 0 nitrogen and oxygen atoms in total. The molecule has 3 heterocycles. The Morgan fingerprint density at radius 2 is 0.879 bits per heavy atom. The van der Waals surface area contributed by atoms with Crippen molar-refractivity contribution in [3.8, 4) is 27.0 Å². The molecule has 0 aliphatic carbocycles. The van der Waals surface area contributed by atoms with E-state index in [9.17, 15) is 0 Å². The molecule has 0 saturated heterocycles. The van der Waals surface area contributed by atoms with Gasteiger partial charge in [-0.25, -0.2) is 0 Å². The normalized spacial score (nSPS) is 11.6. The highest BCUT2D eigenvalue weighted by Crippen LogP contribution is 2.64. The van der Waals surface area contributed by atoms with Gasteiger partial charge in [0.1, 0.15) is 0 Å². The smallest absolute Gasteiger partial charge is 0.0527 e. The van der Waals surface area contributed by atoms with Crippen molar-refractivity contribution in [2.75, 3.05) is 0 Å². The molecule has 0 saturated carbocycles. The highest BCUT2D eigenvalue weighted by atomic mass is 32.1. The van der Waals surface area contributed by atoms with Crippen molar-refractivity contribution in [2.24, 2.45) is 0 Å². The molecule has 0 aliphatic heterocycles. The van der Waals surface area contributed by atoms with E-state index in [1.807, 2.05) is 22.7 Å².